The first kappa shape index (κ1) is 24.5. The molecule has 1 aliphatic heterocycles. The first-order chi connectivity index (χ1) is 18.0. The number of hydrogen-bond donors (Lipinski definition) is 3. The van der Waals surface area contributed by atoms with Crippen molar-refractivity contribution in [3.63, 3.8) is 0 Å². The van der Waals surface area contributed by atoms with Crippen molar-refractivity contribution in [1.82, 2.24) is 19.9 Å². The average molecular weight is 516 g/mol. The standard InChI is InChI=1S/C26H25N7O3S/c27-24-30-25(29-22(35)17-7-3-1-4-8-17)32-26(31-24)37-21-12-11-20(33-15-13-18(34)14-16-33)23(28-21)36-19-9-5-2-6-10-19/h1-12,18,34H,13-16H2,(H3,27,29,30,31,32,35). The quantitative estimate of drug-likeness (QED) is 0.331. The number of carbonyl (C=O) groups is 1. The Morgan fingerprint density at radius 2 is 1.65 bits per heavy atom. The molecule has 11 heteroatoms. The van der Waals surface area contributed by atoms with Gasteiger partial charge in [0.1, 0.15) is 16.5 Å². The Morgan fingerprint density at radius 1 is 0.946 bits per heavy atom. The Labute approximate surface area is 218 Å². The number of para-hydroxylation sites is 1. The Bertz CT molecular complexity index is 1370. The topological polar surface area (TPSA) is 139 Å². The molecule has 0 spiro atoms. The lowest BCUT2D eigenvalue weighted by Crippen LogP contribution is -2.36. The van der Waals surface area contributed by atoms with Gasteiger partial charge in [-0.05, 0) is 61.0 Å². The van der Waals surface area contributed by atoms with Gasteiger partial charge in [0.05, 0.1) is 6.10 Å². The molecule has 0 bridgehead atoms. The lowest BCUT2D eigenvalue weighted by Gasteiger charge is -2.32. The van der Waals surface area contributed by atoms with Crippen LogP contribution in [-0.4, -0.2) is 50.1 Å². The fourth-order valence-electron chi connectivity index (χ4n) is 3.83. The van der Waals surface area contributed by atoms with Crippen LogP contribution in [0.5, 0.6) is 11.6 Å². The minimum atomic E-state index is -0.352. The number of aliphatic hydroxyl groups is 1. The van der Waals surface area contributed by atoms with E-state index >= 15 is 0 Å². The van der Waals surface area contributed by atoms with Gasteiger partial charge in [-0.25, -0.2) is 4.98 Å². The maximum atomic E-state index is 12.5. The van der Waals surface area contributed by atoms with Gasteiger partial charge >= 0.3 is 0 Å². The summed E-state index contributed by atoms with van der Waals surface area (Å²) in [5.41, 5.74) is 7.21. The monoisotopic (exact) mass is 515 g/mol. The third-order valence-electron chi connectivity index (χ3n) is 5.67. The number of aromatic nitrogens is 4. The normalized spacial score (nSPS) is 13.8. The molecule has 0 radical (unpaired) electrons. The molecule has 4 N–H and O–H groups in total. The minimum Gasteiger partial charge on any atom is -0.437 e. The maximum Gasteiger partial charge on any atom is 0.258 e. The second-order valence-corrected chi connectivity index (χ2v) is 9.32. The van der Waals surface area contributed by atoms with E-state index in [1.54, 1.807) is 24.3 Å². The van der Waals surface area contributed by atoms with Gasteiger partial charge in [0.2, 0.25) is 22.9 Å². The zero-order valence-electron chi connectivity index (χ0n) is 19.8. The Hall–Kier alpha value is -4.22. The number of ether oxygens (including phenoxy) is 1. The van der Waals surface area contributed by atoms with Gasteiger partial charge in [0.15, 0.2) is 0 Å². The number of amides is 1. The lowest BCUT2D eigenvalue weighted by molar-refractivity contribution is 0.102. The van der Waals surface area contributed by atoms with Gasteiger partial charge in [-0.15, -0.1) is 0 Å². The summed E-state index contributed by atoms with van der Waals surface area (Å²) in [7, 11) is 0. The lowest BCUT2D eigenvalue weighted by atomic mass is 10.1. The molecule has 10 nitrogen and oxygen atoms in total. The molecular weight excluding hydrogens is 490 g/mol. The minimum absolute atomic E-state index is 0.0230. The molecule has 0 unspecified atom stereocenters. The molecule has 37 heavy (non-hydrogen) atoms. The number of anilines is 3. The van der Waals surface area contributed by atoms with Crippen LogP contribution in [0.4, 0.5) is 17.6 Å². The highest BCUT2D eigenvalue weighted by molar-refractivity contribution is 7.99. The molecule has 3 heterocycles. The van der Waals surface area contributed by atoms with Crippen LogP contribution in [0.3, 0.4) is 0 Å². The highest BCUT2D eigenvalue weighted by Crippen LogP contribution is 2.36. The summed E-state index contributed by atoms with van der Waals surface area (Å²) in [5, 5.41) is 13.4. The largest absolute Gasteiger partial charge is 0.437 e. The van der Waals surface area contributed by atoms with Crippen LogP contribution in [0.2, 0.25) is 0 Å². The van der Waals surface area contributed by atoms with E-state index in [0.717, 1.165) is 5.69 Å². The van der Waals surface area contributed by atoms with Gasteiger partial charge < -0.3 is 20.5 Å². The van der Waals surface area contributed by atoms with Crippen LogP contribution in [-0.2, 0) is 0 Å². The Morgan fingerprint density at radius 3 is 2.38 bits per heavy atom. The van der Waals surface area contributed by atoms with Crippen molar-refractivity contribution in [2.45, 2.75) is 29.1 Å². The fourth-order valence-corrected chi connectivity index (χ4v) is 4.55. The predicted molar refractivity (Wildman–Crippen MR) is 141 cm³/mol. The summed E-state index contributed by atoms with van der Waals surface area (Å²) < 4.78 is 6.15. The maximum absolute atomic E-state index is 12.5. The van der Waals surface area contributed by atoms with Crippen LogP contribution in [0, 0.1) is 0 Å². The van der Waals surface area contributed by atoms with Gasteiger partial charge in [-0.3, -0.25) is 10.1 Å². The Kier molecular flexibility index (Phi) is 7.43. The molecule has 1 amide bonds. The molecule has 1 fully saturated rings. The smallest absolute Gasteiger partial charge is 0.258 e. The van der Waals surface area contributed by atoms with Crippen LogP contribution in [0.15, 0.2) is 83.0 Å². The van der Waals surface area contributed by atoms with Crippen molar-refractivity contribution in [2.24, 2.45) is 0 Å². The van der Waals surface area contributed by atoms with Gasteiger partial charge in [0, 0.05) is 18.7 Å². The van der Waals surface area contributed by atoms with E-state index in [0.29, 0.717) is 48.2 Å². The first-order valence-corrected chi connectivity index (χ1v) is 12.6. The van der Waals surface area contributed by atoms with Crippen LogP contribution >= 0.6 is 11.8 Å². The van der Waals surface area contributed by atoms with Crippen LogP contribution in [0.25, 0.3) is 0 Å². The Balaban J connectivity index is 1.39. The number of benzene rings is 2. The molecule has 0 aliphatic carbocycles. The highest BCUT2D eigenvalue weighted by Gasteiger charge is 2.22. The van der Waals surface area contributed by atoms with E-state index in [2.05, 4.69) is 25.2 Å². The van der Waals surface area contributed by atoms with Crippen molar-refractivity contribution in [1.29, 1.82) is 0 Å². The third-order valence-corrected chi connectivity index (χ3v) is 6.47. The summed E-state index contributed by atoms with van der Waals surface area (Å²) in [6.45, 7) is 1.41. The molecule has 2 aromatic heterocycles. The number of aliphatic hydroxyl groups excluding tert-OH is 1. The number of nitrogen functional groups attached to an aromatic ring is 1. The average Bonchev–Trinajstić information content (AvgIpc) is 2.90. The van der Waals surface area contributed by atoms with Gasteiger partial charge in [-0.1, -0.05) is 36.4 Å². The first-order valence-electron chi connectivity index (χ1n) is 11.8. The molecule has 188 valence electrons. The number of nitrogens with one attached hydrogen (secondary N) is 1. The number of rotatable bonds is 7. The molecule has 2 aromatic carbocycles. The van der Waals surface area contributed by atoms with Crippen molar-refractivity contribution in [2.75, 3.05) is 29.0 Å². The van der Waals surface area contributed by atoms with Crippen molar-refractivity contribution < 1.29 is 14.6 Å². The van der Waals surface area contributed by atoms with E-state index in [-0.39, 0.29) is 29.1 Å². The molecule has 0 atom stereocenters. The van der Waals surface area contributed by atoms with Crippen molar-refractivity contribution in [3.05, 3.63) is 78.4 Å². The predicted octanol–water partition coefficient (Wildman–Crippen LogP) is 4.01. The second kappa shape index (κ2) is 11.2. The van der Waals surface area contributed by atoms with Crippen molar-refractivity contribution in [3.8, 4) is 11.6 Å². The zero-order chi connectivity index (χ0) is 25.6. The van der Waals surface area contributed by atoms with E-state index in [1.807, 2.05) is 48.5 Å². The van der Waals surface area contributed by atoms with E-state index in [4.69, 9.17) is 15.5 Å². The second-order valence-electron chi connectivity index (χ2n) is 8.33. The summed E-state index contributed by atoms with van der Waals surface area (Å²) in [6.07, 6.45) is 1.08. The molecular formula is C26H25N7O3S. The zero-order valence-corrected chi connectivity index (χ0v) is 20.6. The summed E-state index contributed by atoms with van der Waals surface area (Å²) in [6, 6.07) is 22.0. The van der Waals surface area contributed by atoms with Gasteiger partial charge in [0.25, 0.3) is 5.91 Å². The number of pyridine rings is 1. The molecule has 4 aromatic rings. The highest BCUT2D eigenvalue weighted by atomic mass is 32.2. The van der Waals surface area contributed by atoms with E-state index in [1.165, 1.54) is 11.8 Å². The fraction of sp³-hybridized carbons (Fsp3) is 0.192. The number of carbonyl (C=O) groups excluding carboxylic acids is 1. The van der Waals surface area contributed by atoms with Crippen LogP contribution < -0.4 is 20.7 Å². The third kappa shape index (κ3) is 6.32. The number of nitrogens with two attached hydrogens (primary N) is 1. The van der Waals surface area contributed by atoms with E-state index in [9.17, 15) is 9.90 Å². The number of nitrogens with zero attached hydrogens (tertiary/aromatic N) is 5. The van der Waals surface area contributed by atoms with Crippen molar-refractivity contribution >= 4 is 35.3 Å². The SMILES string of the molecule is Nc1nc(NC(=O)c2ccccc2)nc(Sc2ccc(N3CCC(O)CC3)c(Oc3ccccc3)n2)n1. The number of piperidine rings is 1. The van der Waals surface area contributed by atoms with Gasteiger partial charge in [-0.2, -0.15) is 15.0 Å². The molecule has 5 rings (SSSR count). The number of hydrogen-bond acceptors (Lipinski definition) is 10. The molecule has 1 aliphatic rings. The van der Waals surface area contributed by atoms with Crippen LogP contribution in [0.1, 0.15) is 23.2 Å². The summed E-state index contributed by atoms with van der Waals surface area (Å²) in [4.78, 5) is 32.0. The summed E-state index contributed by atoms with van der Waals surface area (Å²) >= 11 is 1.18. The summed E-state index contributed by atoms with van der Waals surface area (Å²) in [5.74, 6) is 0.769. The molecule has 0 saturated carbocycles. The molecule has 1 saturated heterocycles. The van der Waals surface area contributed by atoms with E-state index < -0.39 is 0 Å².